The van der Waals surface area contributed by atoms with Gasteiger partial charge < -0.3 is 4.74 Å². The second kappa shape index (κ2) is 3.52. The summed E-state index contributed by atoms with van der Waals surface area (Å²) in [6.07, 6.45) is 0. The molecule has 2 nitrogen and oxygen atoms in total. The molecule has 1 aromatic rings. The number of rotatable bonds is 1. The lowest BCUT2D eigenvalue weighted by molar-refractivity contribution is 0.410. The summed E-state index contributed by atoms with van der Waals surface area (Å²) < 4.78 is 8.46. The molecule has 70 valence electrons. The third kappa shape index (κ3) is 1.71. The van der Waals surface area contributed by atoms with E-state index in [1.807, 2.05) is 0 Å². The van der Waals surface area contributed by atoms with Crippen LogP contribution in [0.1, 0.15) is 5.56 Å². The van der Waals surface area contributed by atoms with Crippen LogP contribution in [0.5, 0.6) is 5.75 Å². The van der Waals surface area contributed by atoms with E-state index in [9.17, 15) is 0 Å². The van der Waals surface area contributed by atoms with E-state index in [4.69, 9.17) is 4.74 Å². The van der Waals surface area contributed by atoms with Crippen LogP contribution in [-0.2, 0) is 6.54 Å². The molecule has 0 fully saturated rings. The number of benzene rings is 1. The fourth-order valence-corrected chi connectivity index (χ4v) is 2.99. The SMILES string of the molecule is COc1cc2c(cc1Br)SN(C)C2. The Labute approximate surface area is 90.5 Å². The largest absolute Gasteiger partial charge is 0.496 e. The smallest absolute Gasteiger partial charge is 0.133 e. The molecule has 13 heavy (non-hydrogen) atoms. The van der Waals surface area contributed by atoms with Crippen molar-refractivity contribution in [3.8, 4) is 5.75 Å². The Morgan fingerprint density at radius 3 is 3.00 bits per heavy atom. The number of hydrogen-bond acceptors (Lipinski definition) is 3. The highest BCUT2D eigenvalue weighted by Crippen LogP contribution is 2.40. The van der Waals surface area contributed by atoms with E-state index < -0.39 is 0 Å². The van der Waals surface area contributed by atoms with E-state index >= 15 is 0 Å². The van der Waals surface area contributed by atoms with E-state index in [1.165, 1.54) is 10.5 Å². The Balaban J connectivity index is 2.44. The quantitative estimate of drug-likeness (QED) is 0.720. The van der Waals surface area contributed by atoms with Crippen molar-refractivity contribution in [3.05, 3.63) is 22.2 Å². The maximum Gasteiger partial charge on any atom is 0.133 e. The first-order chi connectivity index (χ1) is 6.20. The van der Waals surface area contributed by atoms with Gasteiger partial charge in [0.05, 0.1) is 11.6 Å². The summed E-state index contributed by atoms with van der Waals surface area (Å²) in [6, 6.07) is 4.21. The molecule has 2 rings (SSSR count). The Morgan fingerprint density at radius 2 is 2.31 bits per heavy atom. The van der Waals surface area contributed by atoms with Gasteiger partial charge in [-0.3, -0.25) is 0 Å². The highest BCUT2D eigenvalue weighted by Gasteiger charge is 2.18. The summed E-state index contributed by atoms with van der Waals surface area (Å²) in [5.41, 5.74) is 1.34. The van der Waals surface area contributed by atoms with Crippen LogP contribution in [0.25, 0.3) is 0 Å². The van der Waals surface area contributed by atoms with Crippen molar-refractivity contribution < 1.29 is 4.74 Å². The van der Waals surface area contributed by atoms with E-state index in [-0.39, 0.29) is 0 Å². The number of halogens is 1. The van der Waals surface area contributed by atoms with Crippen molar-refractivity contribution in [2.45, 2.75) is 11.4 Å². The van der Waals surface area contributed by atoms with Gasteiger partial charge in [0, 0.05) is 11.4 Å². The van der Waals surface area contributed by atoms with Gasteiger partial charge in [0.15, 0.2) is 0 Å². The van der Waals surface area contributed by atoms with Gasteiger partial charge in [-0.15, -0.1) is 0 Å². The number of methoxy groups -OCH3 is 1. The number of ether oxygens (including phenoxy) is 1. The van der Waals surface area contributed by atoms with Crippen LogP contribution in [0.3, 0.4) is 0 Å². The summed E-state index contributed by atoms with van der Waals surface area (Å²) in [4.78, 5) is 1.31. The van der Waals surface area contributed by atoms with Gasteiger partial charge in [0.1, 0.15) is 5.75 Å². The molecular weight excluding hydrogens is 250 g/mol. The van der Waals surface area contributed by atoms with Crippen molar-refractivity contribution in [2.75, 3.05) is 14.2 Å². The molecule has 0 saturated carbocycles. The minimum Gasteiger partial charge on any atom is -0.496 e. The zero-order chi connectivity index (χ0) is 9.42. The predicted molar refractivity (Wildman–Crippen MR) is 58.0 cm³/mol. The third-order valence-corrected chi connectivity index (χ3v) is 3.62. The highest BCUT2D eigenvalue weighted by molar-refractivity contribution is 9.10. The standard InChI is InChI=1S/C9H10BrNOS/c1-11-5-6-3-8(12-2)7(10)4-9(6)13-11/h3-4H,5H2,1-2H3. The number of nitrogens with zero attached hydrogens (tertiary/aromatic N) is 1. The summed E-state index contributed by atoms with van der Waals surface area (Å²) in [6.45, 7) is 0.990. The second-order valence-electron chi connectivity index (χ2n) is 2.97. The van der Waals surface area contributed by atoms with E-state index in [0.717, 1.165) is 16.8 Å². The maximum atomic E-state index is 5.23. The van der Waals surface area contributed by atoms with Crippen molar-refractivity contribution in [2.24, 2.45) is 0 Å². The molecule has 0 bridgehead atoms. The van der Waals surface area contributed by atoms with Gasteiger partial charge in [0.25, 0.3) is 0 Å². The van der Waals surface area contributed by atoms with Crippen LogP contribution < -0.4 is 4.74 Å². The lowest BCUT2D eigenvalue weighted by Gasteiger charge is -2.04. The van der Waals surface area contributed by atoms with Gasteiger partial charge in [-0.2, -0.15) is 0 Å². The predicted octanol–water partition coefficient (Wildman–Crippen LogP) is 2.91. The molecule has 4 heteroatoms. The van der Waals surface area contributed by atoms with E-state index in [2.05, 4.69) is 39.4 Å². The van der Waals surface area contributed by atoms with Crippen LogP contribution in [0.2, 0.25) is 0 Å². The van der Waals surface area contributed by atoms with Gasteiger partial charge in [-0.05, 0) is 52.6 Å². The Hall–Kier alpha value is -0.190. The van der Waals surface area contributed by atoms with Crippen molar-refractivity contribution >= 4 is 27.9 Å². The molecular formula is C9H10BrNOS. The highest BCUT2D eigenvalue weighted by atomic mass is 79.9. The fraction of sp³-hybridized carbons (Fsp3) is 0.333. The minimum absolute atomic E-state index is 0.912. The lowest BCUT2D eigenvalue weighted by Crippen LogP contribution is -1.99. The normalized spacial score (nSPS) is 15.9. The number of fused-ring (bicyclic) bond motifs is 1. The van der Waals surface area contributed by atoms with Crippen LogP contribution in [0.4, 0.5) is 0 Å². The summed E-state index contributed by atoms with van der Waals surface area (Å²) in [5.74, 6) is 0.912. The molecule has 0 radical (unpaired) electrons. The van der Waals surface area contributed by atoms with Crippen molar-refractivity contribution in [1.29, 1.82) is 0 Å². The van der Waals surface area contributed by atoms with Gasteiger partial charge in [-0.1, -0.05) is 0 Å². The minimum atomic E-state index is 0.912. The fourth-order valence-electron chi connectivity index (χ4n) is 1.38. The molecule has 0 atom stereocenters. The lowest BCUT2D eigenvalue weighted by atomic mass is 10.2. The molecule has 0 saturated heterocycles. The molecule has 0 aliphatic carbocycles. The monoisotopic (exact) mass is 259 g/mol. The molecule has 0 amide bonds. The first-order valence-electron chi connectivity index (χ1n) is 3.96. The second-order valence-corrected chi connectivity index (χ2v) is 5.07. The molecule has 1 heterocycles. The molecule has 0 spiro atoms. The van der Waals surface area contributed by atoms with Gasteiger partial charge >= 0.3 is 0 Å². The maximum absolute atomic E-state index is 5.23. The molecule has 1 aliphatic rings. The van der Waals surface area contributed by atoms with Gasteiger partial charge in [0.2, 0.25) is 0 Å². The third-order valence-electron chi connectivity index (χ3n) is 1.98. The topological polar surface area (TPSA) is 12.5 Å². The van der Waals surface area contributed by atoms with Crippen LogP contribution in [0, 0.1) is 0 Å². The summed E-state index contributed by atoms with van der Waals surface area (Å²) in [5, 5.41) is 0. The molecule has 0 aromatic heterocycles. The average molecular weight is 260 g/mol. The molecule has 0 unspecified atom stereocenters. The Kier molecular flexibility index (Phi) is 2.53. The van der Waals surface area contributed by atoms with Gasteiger partial charge in [-0.25, -0.2) is 4.31 Å². The first kappa shape index (κ1) is 9.37. The summed E-state index contributed by atoms with van der Waals surface area (Å²) >= 11 is 5.25. The van der Waals surface area contributed by atoms with Crippen LogP contribution in [0.15, 0.2) is 21.5 Å². The van der Waals surface area contributed by atoms with E-state index in [1.54, 1.807) is 19.1 Å². The van der Waals surface area contributed by atoms with Crippen molar-refractivity contribution in [3.63, 3.8) is 0 Å². The van der Waals surface area contributed by atoms with Crippen LogP contribution >= 0.6 is 27.9 Å². The van der Waals surface area contributed by atoms with Crippen molar-refractivity contribution in [1.82, 2.24) is 4.31 Å². The summed E-state index contributed by atoms with van der Waals surface area (Å²) in [7, 11) is 3.78. The van der Waals surface area contributed by atoms with E-state index in [0.29, 0.717) is 0 Å². The number of hydrogen-bond donors (Lipinski definition) is 0. The Morgan fingerprint density at radius 1 is 1.54 bits per heavy atom. The molecule has 0 N–H and O–H groups in total. The average Bonchev–Trinajstić information content (AvgIpc) is 2.42. The molecule has 1 aromatic carbocycles. The van der Waals surface area contributed by atoms with Crippen LogP contribution in [-0.4, -0.2) is 18.5 Å². The zero-order valence-corrected chi connectivity index (χ0v) is 9.91. The molecule has 1 aliphatic heterocycles. The zero-order valence-electron chi connectivity index (χ0n) is 7.50. The Bertz CT molecular complexity index is 343. The first-order valence-corrected chi connectivity index (χ1v) is 5.53.